The number of aromatic nitrogens is 1. The molecule has 2 aromatic rings. The minimum atomic E-state index is -0.625. The molecule has 0 spiro atoms. The molecule has 0 saturated carbocycles. The van der Waals surface area contributed by atoms with Crippen molar-refractivity contribution in [1.29, 1.82) is 0 Å². The minimum Gasteiger partial charge on any atom is -0.464 e. The van der Waals surface area contributed by atoms with E-state index >= 15 is 0 Å². The van der Waals surface area contributed by atoms with Crippen molar-refractivity contribution in [3.05, 3.63) is 45.9 Å². The number of hydrogen-bond acceptors (Lipinski definition) is 7. The zero-order valence-electron chi connectivity index (χ0n) is 11.8. The fourth-order valence-electron chi connectivity index (χ4n) is 1.49. The third-order valence-electron chi connectivity index (χ3n) is 2.49. The molecule has 0 atom stereocenters. The molecule has 22 heavy (non-hydrogen) atoms. The molecular weight excluding hydrogens is 326 g/mol. The average Bonchev–Trinajstić information content (AvgIpc) is 3.00. The number of nitrogens with zero attached hydrogens (tertiary/aromatic N) is 3. The maximum Gasteiger partial charge on any atom is 0.362 e. The van der Waals surface area contributed by atoms with E-state index in [4.69, 9.17) is 11.6 Å². The maximum atomic E-state index is 11.6. The van der Waals surface area contributed by atoms with Gasteiger partial charge in [0.2, 0.25) is 10.8 Å². The number of oxime groups is 1. The molecule has 0 amide bonds. The van der Waals surface area contributed by atoms with E-state index in [2.05, 4.69) is 24.7 Å². The predicted octanol–water partition coefficient (Wildman–Crippen LogP) is 3.07. The van der Waals surface area contributed by atoms with E-state index in [9.17, 15) is 4.79 Å². The third-order valence-corrected chi connectivity index (χ3v) is 3.49. The average molecular weight is 338 g/mol. The van der Waals surface area contributed by atoms with Crippen molar-refractivity contribution in [3.8, 4) is 0 Å². The van der Waals surface area contributed by atoms with Crippen LogP contribution in [0.1, 0.15) is 11.3 Å². The highest BCUT2D eigenvalue weighted by Crippen LogP contribution is 2.20. The second-order valence-electron chi connectivity index (χ2n) is 3.94. The van der Waals surface area contributed by atoms with Crippen LogP contribution in [-0.2, 0) is 14.4 Å². The van der Waals surface area contributed by atoms with E-state index in [1.807, 2.05) is 12.1 Å². The number of carbonyl (C=O) groups excluding carboxylic acids is 1. The Balaban J connectivity index is 2.18. The van der Waals surface area contributed by atoms with Crippen molar-refractivity contribution < 1.29 is 14.4 Å². The van der Waals surface area contributed by atoms with Crippen molar-refractivity contribution in [2.75, 3.05) is 14.2 Å². The summed E-state index contributed by atoms with van der Waals surface area (Å²) in [6.45, 7) is 0. The van der Waals surface area contributed by atoms with Gasteiger partial charge in [-0.05, 0) is 17.7 Å². The van der Waals surface area contributed by atoms with Gasteiger partial charge in [-0.15, -0.1) is 11.3 Å². The number of rotatable bonds is 5. The Bertz CT molecular complexity index is 710. The summed E-state index contributed by atoms with van der Waals surface area (Å²) in [7, 11) is 2.61. The van der Waals surface area contributed by atoms with Crippen molar-refractivity contribution >= 4 is 46.0 Å². The third kappa shape index (κ3) is 4.12. The normalized spacial score (nSPS) is 11.7. The SMILES string of the molecule is CO/N=C(\C(=O)OC)c1csc(/N=C/c2ccc(Cl)cc2)n1. The van der Waals surface area contributed by atoms with Crippen LogP contribution < -0.4 is 0 Å². The summed E-state index contributed by atoms with van der Waals surface area (Å²) >= 11 is 7.09. The van der Waals surface area contributed by atoms with Crippen molar-refractivity contribution in [2.24, 2.45) is 10.1 Å². The largest absolute Gasteiger partial charge is 0.464 e. The molecule has 1 aromatic carbocycles. The topological polar surface area (TPSA) is 73.1 Å². The molecule has 0 radical (unpaired) electrons. The van der Waals surface area contributed by atoms with Gasteiger partial charge in [0.05, 0.1) is 7.11 Å². The molecule has 0 bridgehead atoms. The van der Waals surface area contributed by atoms with Gasteiger partial charge in [-0.3, -0.25) is 0 Å². The fraction of sp³-hybridized carbons (Fsp3) is 0.143. The molecule has 0 saturated heterocycles. The van der Waals surface area contributed by atoms with Crippen LogP contribution in [0.4, 0.5) is 5.13 Å². The Kier molecular flexibility index (Phi) is 5.62. The van der Waals surface area contributed by atoms with E-state index in [1.165, 1.54) is 25.6 Å². The molecule has 0 N–H and O–H groups in total. The number of hydrogen-bond donors (Lipinski definition) is 0. The van der Waals surface area contributed by atoms with Crippen molar-refractivity contribution in [3.63, 3.8) is 0 Å². The Hall–Kier alpha value is -2.25. The molecule has 0 unspecified atom stereocenters. The Morgan fingerprint density at radius 1 is 1.32 bits per heavy atom. The standard InChI is InChI=1S/C14H12ClN3O3S/c1-20-13(19)12(18-21-2)11-8-22-14(17-11)16-7-9-3-5-10(15)6-4-9/h3-8H,1-2H3/b16-7+,18-12-. The second-order valence-corrected chi connectivity index (χ2v) is 5.21. The monoisotopic (exact) mass is 337 g/mol. The van der Waals surface area contributed by atoms with E-state index in [-0.39, 0.29) is 5.71 Å². The Morgan fingerprint density at radius 3 is 2.68 bits per heavy atom. The van der Waals surface area contributed by atoms with Crippen molar-refractivity contribution in [2.45, 2.75) is 0 Å². The molecule has 0 aliphatic heterocycles. The van der Waals surface area contributed by atoms with Gasteiger partial charge in [-0.25, -0.2) is 14.8 Å². The van der Waals surface area contributed by atoms with Gasteiger partial charge < -0.3 is 9.57 Å². The highest BCUT2D eigenvalue weighted by atomic mass is 35.5. The van der Waals surface area contributed by atoms with Crippen LogP contribution in [0, 0.1) is 0 Å². The molecule has 8 heteroatoms. The van der Waals surface area contributed by atoms with Crippen LogP contribution in [0.5, 0.6) is 0 Å². The van der Waals surface area contributed by atoms with Crippen LogP contribution in [0.15, 0.2) is 39.8 Å². The number of benzene rings is 1. The number of methoxy groups -OCH3 is 1. The summed E-state index contributed by atoms with van der Waals surface area (Å²) in [6.07, 6.45) is 1.66. The molecular formula is C14H12ClN3O3S. The highest BCUT2D eigenvalue weighted by molar-refractivity contribution is 7.13. The first-order chi connectivity index (χ1) is 10.6. The number of esters is 1. The first kappa shape index (κ1) is 16.1. The summed E-state index contributed by atoms with van der Waals surface area (Å²) in [5.41, 5.74) is 1.23. The number of halogens is 1. The van der Waals surface area contributed by atoms with E-state index in [1.54, 1.807) is 23.7 Å². The first-order valence-corrected chi connectivity index (χ1v) is 7.35. The van der Waals surface area contributed by atoms with Crippen molar-refractivity contribution in [1.82, 2.24) is 4.98 Å². The lowest BCUT2D eigenvalue weighted by Crippen LogP contribution is -2.17. The quantitative estimate of drug-likeness (QED) is 0.477. The van der Waals surface area contributed by atoms with Crippen LogP contribution >= 0.6 is 22.9 Å². The van der Waals surface area contributed by atoms with Crippen LogP contribution in [-0.4, -0.2) is 37.1 Å². The van der Waals surface area contributed by atoms with Gasteiger partial charge in [-0.1, -0.05) is 28.9 Å². The zero-order valence-corrected chi connectivity index (χ0v) is 13.4. The predicted molar refractivity (Wildman–Crippen MR) is 86.4 cm³/mol. The lowest BCUT2D eigenvalue weighted by Gasteiger charge is -1.99. The lowest BCUT2D eigenvalue weighted by molar-refractivity contribution is -0.132. The summed E-state index contributed by atoms with van der Waals surface area (Å²) in [6, 6.07) is 7.23. The number of carbonyl (C=O) groups is 1. The van der Waals surface area contributed by atoms with Gasteiger partial charge in [0, 0.05) is 16.6 Å². The van der Waals surface area contributed by atoms with Gasteiger partial charge in [0.25, 0.3) is 0 Å². The lowest BCUT2D eigenvalue weighted by atomic mass is 10.2. The summed E-state index contributed by atoms with van der Waals surface area (Å²) in [5.74, 6) is -0.625. The molecule has 6 nitrogen and oxygen atoms in total. The number of thiazole rings is 1. The molecule has 114 valence electrons. The molecule has 1 aromatic heterocycles. The Labute approximate surface area is 136 Å². The maximum absolute atomic E-state index is 11.6. The summed E-state index contributed by atoms with van der Waals surface area (Å²) in [5, 5.41) is 6.43. The minimum absolute atomic E-state index is 0.00538. The molecule has 0 fully saturated rings. The first-order valence-electron chi connectivity index (χ1n) is 6.09. The molecule has 0 aliphatic carbocycles. The van der Waals surface area contributed by atoms with Crippen LogP contribution in [0.2, 0.25) is 5.02 Å². The van der Waals surface area contributed by atoms with Gasteiger partial charge >= 0.3 is 5.97 Å². The summed E-state index contributed by atoms with van der Waals surface area (Å²) in [4.78, 5) is 24.7. The number of aliphatic imine (C=N–C) groups is 1. The van der Waals surface area contributed by atoms with Crippen LogP contribution in [0.3, 0.4) is 0 Å². The smallest absolute Gasteiger partial charge is 0.362 e. The van der Waals surface area contributed by atoms with Crippen LogP contribution in [0.25, 0.3) is 0 Å². The highest BCUT2D eigenvalue weighted by Gasteiger charge is 2.18. The van der Waals surface area contributed by atoms with Gasteiger partial charge in [0.15, 0.2) is 0 Å². The molecule has 0 aliphatic rings. The van der Waals surface area contributed by atoms with Gasteiger partial charge in [0.1, 0.15) is 12.8 Å². The fourth-order valence-corrected chi connectivity index (χ4v) is 2.26. The van der Waals surface area contributed by atoms with E-state index in [0.717, 1.165) is 5.56 Å². The Morgan fingerprint density at radius 2 is 2.05 bits per heavy atom. The zero-order chi connectivity index (χ0) is 15.9. The van der Waals surface area contributed by atoms with E-state index < -0.39 is 5.97 Å². The second kappa shape index (κ2) is 7.67. The van der Waals surface area contributed by atoms with E-state index in [0.29, 0.717) is 15.8 Å². The number of ether oxygens (including phenoxy) is 1. The van der Waals surface area contributed by atoms with Gasteiger partial charge in [-0.2, -0.15) is 0 Å². The summed E-state index contributed by atoms with van der Waals surface area (Å²) < 4.78 is 4.63. The molecule has 2 rings (SSSR count). The molecule has 1 heterocycles.